The Morgan fingerprint density at radius 2 is 2.29 bits per heavy atom. The lowest BCUT2D eigenvalue weighted by Crippen LogP contribution is -1.99. The molecule has 0 aliphatic carbocycles. The summed E-state index contributed by atoms with van der Waals surface area (Å²) in [6, 6.07) is 1.86. The SMILES string of the molecule is Cc1cnccc1SCCS(=O)(=O)Cl. The molecule has 0 fully saturated rings. The summed E-state index contributed by atoms with van der Waals surface area (Å²) in [6.07, 6.45) is 3.43. The maximum atomic E-state index is 10.6. The van der Waals surface area contributed by atoms with Gasteiger partial charge in [-0.25, -0.2) is 8.42 Å². The minimum absolute atomic E-state index is 0.0129. The summed E-state index contributed by atoms with van der Waals surface area (Å²) in [4.78, 5) is 4.99. The van der Waals surface area contributed by atoms with Crippen molar-refractivity contribution in [3.8, 4) is 0 Å². The molecule has 78 valence electrons. The van der Waals surface area contributed by atoms with Crippen LogP contribution in [0.4, 0.5) is 0 Å². The molecule has 1 aromatic rings. The molecular weight excluding hydrogens is 242 g/mol. The van der Waals surface area contributed by atoms with Crippen LogP contribution in [0.3, 0.4) is 0 Å². The van der Waals surface area contributed by atoms with Gasteiger partial charge in [0.2, 0.25) is 9.05 Å². The van der Waals surface area contributed by atoms with Crippen LogP contribution < -0.4 is 0 Å². The zero-order valence-corrected chi connectivity index (χ0v) is 9.99. The number of aromatic nitrogens is 1. The minimum Gasteiger partial charge on any atom is -0.264 e. The molecular formula is C8H10ClNO2S2. The number of hydrogen-bond donors (Lipinski definition) is 0. The van der Waals surface area contributed by atoms with Gasteiger partial charge in [-0.3, -0.25) is 4.98 Å². The van der Waals surface area contributed by atoms with Crippen molar-refractivity contribution in [3.63, 3.8) is 0 Å². The Morgan fingerprint density at radius 3 is 2.86 bits per heavy atom. The van der Waals surface area contributed by atoms with E-state index < -0.39 is 9.05 Å². The first-order chi connectivity index (χ1) is 6.49. The lowest BCUT2D eigenvalue weighted by atomic mass is 10.3. The zero-order chi connectivity index (χ0) is 10.6. The fourth-order valence-corrected chi connectivity index (χ4v) is 3.23. The van der Waals surface area contributed by atoms with Gasteiger partial charge in [-0.1, -0.05) is 0 Å². The molecule has 0 amide bonds. The molecule has 1 rings (SSSR count). The van der Waals surface area contributed by atoms with Crippen molar-refractivity contribution < 1.29 is 8.42 Å². The molecule has 0 saturated carbocycles. The predicted octanol–water partition coefficient (Wildman–Crippen LogP) is 2.05. The molecule has 3 nitrogen and oxygen atoms in total. The number of rotatable bonds is 4. The summed E-state index contributed by atoms with van der Waals surface area (Å²) in [5.41, 5.74) is 1.05. The summed E-state index contributed by atoms with van der Waals surface area (Å²) in [5.74, 6) is 0.456. The summed E-state index contributed by atoms with van der Waals surface area (Å²) in [7, 11) is 1.71. The predicted molar refractivity (Wildman–Crippen MR) is 59.3 cm³/mol. The van der Waals surface area contributed by atoms with E-state index in [1.165, 1.54) is 11.8 Å². The summed E-state index contributed by atoms with van der Waals surface area (Å²) < 4.78 is 21.3. The second-order valence-electron chi connectivity index (χ2n) is 2.73. The second kappa shape index (κ2) is 5.00. The quantitative estimate of drug-likeness (QED) is 0.607. The third-order valence-corrected chi connectivity index (χ3v) is 4.14. The molecule has 0 aliphatic heterocycles. The normalized spacial score (nSPS) is 11.6. The van der Waals surface area contributed by atoms with Gasteiger partial charge >= 0.3 is 0 Å². The van der Waals surface area contributed by atoms with E-state index in [9.17, 15) is 8.42 Å². The molecule has 1 aromatic heterocycles. The number of halogens is 1. The van der Waals surface area contributed by atoms with Gasteiger partial charge in [0.05, 0.1) is 5.75 Å². The van der Waals surface area contributed by atoms with E-state index in [1.807, 2.05) is 13.0 Å². The molecule has 14 heavy (non-hydrogen) atoms. The first-order valence-electron chi connectivity index (χ1n) is 3.95. The van der Waals surface area contributed by atoms with Crippen LogP contribution in [0.25, 0.3) is 0 Å². The van der Waals surface area contributed by atoms with E-state index in [0.29, 0.717) is 5.75 Å². The fourth-order valence-electron chi connectivity index (χ4n) is 0.874. The summed E-state index contributed by atoms with van der Waals surface area (Å²) in [6.45, 7) is 1.94. The molecule has 0 atom stereocenters. The number of nitrogens with zero attached hydrogens (tertiary/aromatic N) is 1. The average Bonchev–Trinajstić information content (AvgIpc) is 2.06. The molecule has 0 radical (unpaired) electrons. The smallest absolute Gasteiger partial charge is 0.233 e. The van der Waals surface area contributed by atoms with Crippen molar-refractivity contribution in [3.05, 3.63) is 24.0 Å². The highest BCUT2D eigenvalue weighted by Crippen LogP contribution is 2.21. The minimum atomic E-state index is -3.37. The lowest BCUT2D eigenvalue weighted by molar-refractivity contribution is 0.611. The monoisotopic (exact) mass is 251 g/mol. The highest BCUT2D eigenvalue weighted by molar-refractivity contribution is 8.14. The molecule has 0 spiro atoms. The van der Waals surface area contributed by atoms with Crippen LogP contribution in [0, 0.1) is 6.92 Å². The average molecular weight is 252 g/mol. The first-order valence-corrected chi connectivity index (χ1v) is 7.41. The van der Waals surface area contributed by atoms with Crippen molar-refractivity contribution >= 4 is 31.5 Å². The van der Waals surface area contributed by atoms with Gasteiger partial charge in [-0.15, -0.1) is 11.8 Å². The molecule has 0 N–H and O–H groups in total. The zero-order valence-electron chi connectivity index (χ0n) is 7.60. The third kappa shape index (κ3) is 4.30. The van der Waals surface area contributed by atoms with E-state index >= 15 is 0 Å². The van der Waals surface area contributed by atoms with Crippen LogP contribution in [0.1, 0.15) is 5.56 Å². The van der Waals surface area contributed by atoms with Crippen LogP contribution in [-0.4, -0.2) is 24.9 Å². The standard InChI is InChI=1S/C8H10ClNO2S2/c1-7-6-10-3-2-8(7)13-4-5-14(9,11)12/h2-3,6H,4-5H2,1H3. The number of aryl methyl sites for hydroxylation is 1. The van der Waals surface area contributed by atoms with Crippen molar-refractivity contribution in [1.29, 1.82) is 0 Å². The Morgan fingerprint density at radius 1 is 1.57 bits per heavy atom. The Labute approximate surface area is 92.3 Å². The van der Waals surface area contributed by atoms with Crippen molar-refractivity contribution in [2.24, 2.45) is 0 Å². The molecule has 0 aromatic carbocycles. The highest BCUT2D eigenvalue weighted by atomic mass is 35.7. The first kappa shape index (κ1) is 11.8. The van der Waals surface area contributed by atoms with Gasteiger partial charge in [-0.2, -0.15) is 0 Å². The Bertz CT molecular complexity index is 406. The fraction of sp³-hybridized carbons (Fsp3) is 0.375. The van der Waals surface area contributed by atoms with E-state index in [-0.39, 0.29) is 5.75 Å². The highest BCUT2D eigenvalue weighted by Gasteiger charge is 2.05. The third-order valence-electron chi connectivity index (χ3n) is 1.55. The van der Waals surface area contributed by atoms with E-state index in [0.717, 1.165) is 10.5 Å². The van der Waals surface area contributed by atoms with Crippen LogP contribution in [0.2, 0.25) is 0 Å². The number of hydrogen-bond acceptors (Lipinski definition) is 4. The van der Waals surface area contributed by atoms with Gasteiger partial charge in [0, 0.05) is 33.7 Å². The van der Waals surface area contributed by atoms with E-state index in [4.69, 9.17) is 10.7 Å². The van der Waals surface area contributed by atoms with Crippen LogP contribution in [-0.2, 0) is 9.05 Å². The molecule has 1 heterocycles. The van der Waals surface area contributed by atoms with Crippen molar-refractivity contribution in [1.82, 2.24) is 4.98 Å². The molecule has 0 bridgehead atoms. The second-order valence-corrected chi connectivity index (χ2v) is 6.77. The topological polar surface area (TPSA) is 47.0 Å². The van der Waals surface area contributed by atoms with Crippen LogP contribution in [0.5, 0.6) is 0 Å². The Kier molecular flexibility index (Phi) is 4.22. The Balaban J connectivity index is 2.51. The van der Waals surface area contributed by atoms with E-state index in [1.54, 1.807) is 12.4 Å². The van der Waals surface area contributed by atoms with Crippen LogP contribution >= 0.6 is 22.4 Å². The maximum absolute atomic E-state index is 10.6. The van der Waals surface area contributed by atoms with E-state index in [2.05, 4.69) is 4.98 Å². The summed E-state index contributed by atoms with van der Waals surface area (Å²) >= 11 is 1.47. The summed E-state index contributed by atoms with van der Waals surface area (Å²) in [5, 5.41) is 0. The van der Waals surface area contributed by atoms with Gasteiger partial charge in [-0.05, 0) is 18.6 Å². The van der Waals surface area contributed by atoms with Crippen molar-refractivity contribution in [2.75, 3.05) is 11.5 Å². The molecule has 0 saturated heterocycles. The van der Waals surface area contributed by atoms with Gasteiger partial charge in [0.15, 0.2) is 0 Å². The maximum Gasteiger partial charge on any atom is 0.233 e. The number of pyridine rings is 1. The number of thioether (sulfide) groups is 1. The van der Waals surface area contributed by atoms with Gasteiger partial charge in [0.1, 0.15) is 0 Å². The molecule has 0 unspecified atom stereocenters. The largest absolute Gasteiger partial charge is 0.264 e. The van der Waals surface area contributed by atoms with Gasteiger partial charge < -0.3 is 0 Å². The van der Waals surface area contributed by atoms with Crippen LogP contribution in [0.15, 0.2) is 23.4 Å². The molecule has 6 heteroatoms. The molecule has 0 aliphatic rings. The van der Waals surface area contributed by atoms with Gasteiger partial charge in [0.25, 0.3) is 0 Å². The Hall–Kier alpha value is -0.260. The van der Waals surface area contributed by atoms with Crippen molar-refractivity contribution in [2.45, 2.75) is 11.8 Å². The lowest BCUT2D eigenvalue weighted by Gasteiger charge is -2.02.